The molecule has 0 aliphatic carbocycles. The van der Waals surface area contributed by atoms with Crippen molar-refractivity contribution in [2.75, 3.05) is 0 Å². The molecule has 3 heterocycles. The smallest absolute Gasteiger partial charge is 0.261 e. The van der Waals surface area contributed by atoms with Crippen LogP contribution in [-0.4, -0.2) is 11.7 Å². The first-order valence-electron chi connectivity index (χ1n) is 10.4. The summed E-state index contributed by atoms with van der Waals surface area (Å²) in [5.41, 5.74) is 5.62. The van der Waals surface area contributed by atoms with Gasteiger partial charge in [0, 0.05) is 17.9 Å². The average molecular weight is 397 g/mol. The van der Waals surface area contributed by atoms with E-state index in [-0.39, 0.29) is 6.71 Å². The second-order valence-electron chi connectivity index (χ2n) is 8.00. The molecule has 144 valence electrons. The van der Waals surface area contributed by atoms with Crippen LogP contribution in [0, 0.1) is 0 Å². The van der Waals surface area contributed by atoms with Crippen LogP contribution in [0.25, 0.3) is 21.9 Å². The van der Waals surface area contributed by atoms with Crippen LogP contribution < -0.4 is 25.9 Å². The molecule has 2 aliphatic heterocycles. The third kappa shape index (κ3) is 2.39. The molecule has 7 rings (SSSR count). The summed E-state index contributed by atoms with van der Waals surface area (Å²) in [6.07, 6.45) is 3.61. The molecule has 31 heavy (non-hydrogen) atoms. The van der Waals surface area contributed by atoms with Gasteiger partial charge in [-0.1, -0.05) is 48.5 Å². The van der Waals surface area contributed by atoms with Crippen molar-refractivity contribution in [2.45, 2.75) is 0 Å². The molecule has 0 atom stereocenters. The molecule has 5 aromatic rings. The largest absolute Gasteiger partial charge is 0.458 e. The second-order valence-corrected chi connectivity index (χ2v) is 8.00. The number of pyridine rings is 1. The SMILES string of the molecule is c1ccc2c(c1)Oc1cc(-c3ccncc3)cc3c1B2c1c(ccc2ccccc12)O3. The summed E-state index contributed by atoms with van der Waals surface area (Å²) in [4.78, 5) is 4.15. The van der Waals surface area contributed by atoms with Gasteiger partial charge in [0.2, 0.25) is 0 Å². The Hall–Kier alpha value is -4.05. The number of benzene rings is 4. The summed E-state index contributed by atoms with van der Waals surface area (Å²) in [5.74, 6) is 3.52. The zero-order valence-corrected chi connectivity index (χ0v) is 16.6. The standard InChI is InChI=1S/C27H16BNO2/c1-2-6-20-18(5-1)9-10-23-26(20)28-21-7-3-4-8-22(21)30-24-15-19(16-25(31-23)27(24)28)17-11-13-29-14-12-17/h1-16H. The Morgan fingerprint density at radius 2 is 1.32 bits per heavy atom. The van der Waals surface area contributed by atoms with E-state index in [1.807, 2.05) is 30.6 Å². The molecule has 1 aromatic heterocycles. The Balaban J connectivity index is 1.55. The molecule has 0 unspecified atom stereocenters. The maximum absolute atomic E-state index is 6.51. The van der Waals surface area contributed by atoms with Crippen molar-refractivity contribution < 1.29 is 9.47 Å². The second kappa shape index (κ2) is 6.23. The number of hydrogen-bond acceptors (Lipinski definition) is 3. The van der Waals surface area contributed by atoms with Gasteiger partial charge in [-0.25, -0.2) is 0 Å². The zero-order valence-electron chi connectivity index (χ0n) is 16.6. The normalized spacial score (nSPS) is 13.0. The summed E-state index contributed by atoms with van der Waals surface area (Å²) in [6.45, 7) is 0.0660. The van der Waals surface area contributed by atoms with Crippen molar-refractivity contribution in [1.82, 2.24) is 4.98 Å². The van der Waals surface area contributed by atoms with Crippen molar-refractivity contribution in [2.24, 2.45) is 0 Å². The minimum Gasteiger partial charge on any atom is -0.458 e. The Kier molecular flexibility index (Phi) is 3.36. The van der Waals surface area contributed by atoms with Crippen LogP contribution in [0.3, 0.4) is 0 Å². The lowest BCUT2D eigenvalue weighted by Gasteiger charge is -2.34. The van der Waals surface area contributed by atoms with E-state index in [0.717, 1.165) is 39.6 Å². The van der Waals surface area contributed by atoms with Gasteiger partial charge in [-0.2, -0.15) is 0 Å². The quantitative estimate of drug-likeness (QED) is 0.379. The van der Waals surface area contributed by atoms with Gasteiger partial charge in [-0.3, -0.25) is 4.98 Å². The van der Waals surface area contributed by atoms with Crippen LogP contribution in [-0.2, 0) is 0 Å². The molecule has 0 amide bonds. The first-order chi connectivity index (χ1) is 15.4. The number of para-hydroxylation sites is 1. The van der Waals surface area contributed by atoms with Crippen LogP contribution in [0.5, 0.6) is 23.0 Å². The molecule has 0 bridgehead atoms. The van der Waals surface area contributed by atoms with Gasteiger partial charge in [-0.05, 0) is 69.2 Å². The van der Waals surface area contributed by atoms with Gasteiger partial charge in [0.15, 0.2) is 0 Å². The summed E-state index contributed by atoms with van der Waals surface area (Å²) < 4.78 is 12.9. The first-order valence-corrected chi connectivity index (χ1v) is 10.4. The van der Waals surface area contributed by atoms with Crippen molar-refractivity contribution in [1.29, 1.82) is 0 Å². The van der Waals surface area contributed by atoms with E-state index in [4.69, 9.17) is 9.47 Å². The molecule has 0 saturated heterocycles. The van der Waals surface area contributed by atoms with Crippen molar-refractivity contribution in [3.8, 4) is 34.1 Å². The fourth-order valence-corrected chi connectivity index (χ4v) is 4.93. The van der Waals surface area contributed by atoms with Crippen LogP contribution in [0.4, 0.5) is 0 Å². The molecule has 4 heteroatoms. The van der Waals surface area contributed by atoms with E-state index in [2.05, 4.69) is 71.7 Å². The van der Waals surface area contributed by atoms with Crippen molar-refractivity contribution in [3.05, 3.63) is 97.3 Å². The highest BCUT2D eigenvalue weighted by Crippen LogP contribution is 2.39. The Bertz CT molecular complexity index is 1480. The Labute approximate surface area is 180 Å². The van der Waals surface area contributed by atoms with Crippen LogP contribution in [0.1, 0.15) is 0 Å². The molecule has 4 aromatic carbocycles. The van der Waals surface area contributed by atoms with E-state index in [1.165, 1.54) is 21.7 Å². The predicted octanol–water partition coefficient (Wildman–Crippen LogP) is 4.63. The van der Waals surface area contributed by atoms with Gasteiger partial charge in [0.1, 0.15) is 23.0 Å². The summed E-state index contributed by atoms with van der Waals surface area (Å²) in [7, 11) is 0. The van der Waals surface area contributed by atoms with E-state index in [9.17, 15) is 0 Å². The lowest BCUT2D eigenvalue weighted by Crippen LogP contribution is -2.57. The number of rotatable bonds is 1. The summed E-state index contributed by atoms with van der Waals surface area (Å²) >= 11 is 0. The van der Waals surface area contributed by atoms with Gasteiger partial charge >= 0.3 is 0 Å². The molecule has 3 nitrogen and oxygen atoms in total. The minimum absolute atomic E-state index is 0.0660. The molecule has 0 saturated carbocycles. The first kappa shape index (κ1) is 16.7. The Morgan fingerprint density at radius 3 is 2.19 bits per heavy atom. The molecule has 0 spiro atoms. The fourth-order valence-electron chi connectivity index (χ4n) is 4.93. The van der Waals surface area contributed by atoms with E-state index in [1.54, 1.807) is 0 Å². The fraction of sp³-hybridized carbons (Fsp3) is 0. The molecular weight excluding hydrogens is 381 g/mol. The van der Waals surface area contributed by atoms with Crippen molar-refractivity contribution in [3.63, 3.8) is 0 Å². The average Bonchev–Trinajstić information content (AvgIpc) is 2.84. The monoisotopic (exact) mass is 397 g/mol. The third-order valence-corrected chi connectivity index (χ3v) is 6.30. The van der Waals surface area contributed by atoms with E-state index >= 15 is 0 Å². The topological polar surface area (TPSA) is 31.4 Å². The third-order valence-electron chi connectivity index (χ3n) is 6.30. The highest BCUT2D eigenvalue weighted by Gasteiger charge is 2.41. The van der Waals surface area contributed by atoms with Gasteiger partial charge in [-0.15, -0.1) is 0 Å². The van der Waals surface area contributed by atoms with Crippen molar-refractivity contribution >= 4 is 33.9 Å². The number of ether oxygens (including phenoxy) is 2. The maximum Gasteiger partial charge on any atom is 0.261 e. The highest BCUT2D eigenvalue weighted by atomic mass is 16.5. The van der Waals surface area contributed by atoms with E-state index < -0.39 is 0 Å². The molecule has 2 aliphatic rings. The number of aromatic nitrogens is 1. The lowest BCUT2D eigenvalue weighted by molar-refractivity contribution is 0.465. The zero-order chi connectivity index (χ0) is 20.4. The highest BCUT2D eigenvalue weighted by molar-refractivity contribution is 6.99. The predicted molar refractivity (Wildman–Crippen MR) is 125 cm³/mol. The number of hydrogen-bond donors (Lipinski definition) is 0. The van der Waals surface area contributed by atoms with Gasteiger partial charge in [0.25, 0.3) is 6.71 Å². The summed E-state index contributed by atoms with van der Waals surface area (Å²) in [6, 6.07) is 29.3. The van der Waals surface area contributed by atoms with Crippen LogP contribution in [0.15, 0.2) is 97.3 Å². The number of fused-ring (bicyclic) bond motifs is 6. The Morgan fingerprint density at radius 1 is 0.581 bits per heavy atom. The van der Waals surface area contributed by atoms with Crippen LogP contribution in [0.2, 0.25) is 0 Å². The maximum atomic E-state index is 6.51. The molecular formula is C27H16BNO2. The van der Waals surface area contributed by atoms with Gasteiger partial charge < -0.3 is 9.47 Å². The van der Waals surface area contributed by atoms with E-state index in [0.29, 0.717) is 0 Å². The molecule has 0 fully saturated rings. The number of nitrogens with zero attached hydrogens (tertiary/aromatic N) is 1. The molecule has 0 N–H and O–H groups in total. The molecule has 0 radical (unpaired) electrons. The lowest BCUT2D eigenvalue weighted by atomic mass is 9.34. The van der Waals surface area contributed by atoms with Crippen LogP contribution >= 0.6 is 0 Å². The summed E-state index contributed by atoms with van der Waals surface area (Å²) in [5, 5.41) is 2.43. The minimum atomic E-state index is 0.0660. The van der Waals surface area contributed by atoms with Gasteiger partial charge in [0.05, 0.1) is 0 Å².